The molecule has 0 saturated carbocycles. The molecule has 6 heteroatoms. The number of aromatic nitrogens is 2. The third-order valence-corrected chi connectivity index (χ3v) is 5.20. The zero-order valence-electron chi connectivity index (χ0n) is 16.0. The van der Waals surface area contributed by atoms with Gasteiger partial charge < -0.3 is 10.6 Å². The van der Waals surface area contributed by atoms with Crippen LogP contribution in [0.2, 0.25) is 0 Å². The molecule has 1 aliphatic heterocycles. The highest BCUT2D eigenvalue weighted by Crippen LogP contribution is 2.42. The number of aryl methyl sites for hydroxylation is 1. The molecule has 1 atom stereocenters. The van der Waals surface area contributed by atoms with Crippen LogP contribution < -0.4 is 10.6 Å². The van der Waals surface area contributed by atoms with Crippen molar-refractivity contribution >= 4 is 17.5 Å². The lowest BCUT2D eigenvalue weighted by molar-refractivity contribution is -0.116. The molecule has 3 heterocycles. The smallest absolute Gasteiger partial charge is 0.255 e. The van der Waals surface area contributed by atoms with Gasteiger partial charge in [-0.1, -0.05) is 6.07 Å². The van der Waals surface area contributed by atoms with E-state index in [1.54, 1.807) is 18.6 Å². The highest BCUT2D eigenvalue weighted by atomic mass is 16.2. The number of nitrogens with zero attached hydrogens (tertiary/aromatic N) is 2. The highest BCUT2D eigenvalue weighted by Gasteiger charge is 2.38. The average molecular weight is 374 g/mol. The normalized spacial score (nSPS) is 19.2. The third kappa shape index (κ3) is 3.33. The Morgan fingerprint density at radius 2 is 2.07 bits per heavy atom. The molecule has 28 heavy (non-hydrogen) atoms. The van der Waals surface area contributed by atoms with E-state index >= 15 is 0 Å². The molecule has 0 saturated heterocycles. The molecule has 2 aliphatic rings. The summed E-state index contributed by atoms with van der Waals surface area (Å²) in [4.78, 5) is 34.5. The first-order valence-electron chi connectivity index (χ1n) is 9.42. The van der Waals surface area contributed by atoms with Gasteiger partial charge in [-0.25, -0.2) is 4.98 Å². The Morgan fingerprint density at radius 3 is 2.82 bits per heavy atom. The molecular weight excluding hydrogens is 352 g/mol. The van der Waals surface area contributed by atoms with Crippen LogP contribution in [0.5, 0.6) is 0 Å². The maximum atomic E-state index is 13.3. The van der Waals surface area contributed by atoms with Crippen LogP contribution in [0.25, 0.3) is 0 Å². The van der Waals surface area contributed by atoms with Crippen LogP contribution in [-0.4, -0.2) is 21.7 Å². The largest absolute Gasteiger partial charge is 0.362 e. The lowest BCUT2D eigenvalue weighted by Crippen LogP contribution is -2.35. The fraction of sp³-hybridized carbons (Fsp3) is 0.273. The van der Waals surface area contributed by atoms with E-state index in [1.165, 1.54) is 0 Å². The van der Waals surface area contributed by atoms with Gasteiger partial charge in [0.05, 0.1) is 0 Å². The molecule has 0 spiro atoms. The Kier molecular flexibility index (Phi) is 4.77. The van der Waals surface area contributed by atoms with Crippen molar-refractivity contribution in [3.05, 3.63) is 76.5 Å². The summed E-state index contributed by atoms with van der Waals surface area (Å²) >= 11 is 0. The SMILES string of the molecule is CC1=C(C(=O)Nc2cc(C)ccn2)C(c2cccnc2)C2=C(CCCC2=O)N1. The number of carbonyl (C=O) groups is 2. The van der Waals surface area contributed by atoms with Gasteiger partial charge in [0, 0.05) is 53.5 Å². The topological polar surface area (TPSA) is 84.0 Å². The average Bonchev–Trinajstić information content (AvgIpc) is 2.67. The van der Waals surface area contributed by atoms with Gasteiger partial charge in [-0.2, -0.15) is 0 Å². The number of Topliss-reactive ketones (excluding diaryl/α,β-unsaturated/α-hetero) is 1. The van der Waals surface area contributed by atoms with Crippen molar-refractivity contribution in [1.82, 2.24) is 15.3 Å². The number of anilines is 1. The number of nitrogens with one attached hydrogen (secondary N) is 2. The van der Waals surface area contributed by atoms with Gasteiger partial charge in [-0.15, -0.1) is 0 Å². The number of allylic oxidation sites excluding steroid dienone is 3. The third-order valence-electron chi connectivity index (χ3n) is 5.20. The van der Waals surface area contributed by atoms with E-state index in [-0.39, 0.29) is 11.7 Å². The molecule has 0 radical (unpaired) electrons. The summed E-state index contributed by atoms with van der Waals surface area (Å²) in [6.07, 6.45) is 7.22. The van der Waals surface area contributed by atoms with Crippen molar-refractivity contribution in [3.63, 3.8) is 0 Å². The maximum Gasteiger partial charge on any atom is 0.255 e. The summed E-state index contributed by atoms with van der Waals surface area (Å²) in [7, 11) is 0. The predicted octanol–water partition coefficient (Wildman–Crippen LogP) is 3.39. The second kappa shape index (κ2) is 7.38. The molecule has 0 bridgehead atoms. The summed E-state index contributed by atoms with van der Waals surface area (Å²) in [5.41, 5.74) is 4.75. The van der Waals surface area contributed by atoms with E-state index in [0.717, 1.165) is 35.4 Å². The Labute approximate surface area is 163 Å². The first-order valence-corrected chi connectivity index (χ1v) is 9.42. The van der Waals surface area contributed by atoms with E-state index in [9.17, 15) is 9.59 Å². The quantitative estimate of drug-likeness (QED) is 0.860. The molecule has 2 N–H and O–H groups in total. The van der Waals surface area contributed by atoms with Crippen molar-refractivity contribution in [3.8, 4) is 0 Å². The summed E-state index contributed by atoms with van der Waals surface area (Å²) in [6.45, 7) is 3.82. The second-order valence-electron chi connectivity index (χ2n) is 7.22. The van der Waals surface area contributed by atoms with Gasteiger partial charge in [0.2, 0.25) is 0 Å². The second-order valence-corrected chi connectivity index (χ2v) is 7.22. The van der Waals surface area contributed by atoms with Crippen LogP contribution in [0.4, 0.5) is 5.82 Å². The van der Waals surface area contributed by atoms with Gasteiger partial charge in [0.25, 0.3) is 5.91 Å². The fourth-order valence-electron chi connectivity index (χ4n) is 3.95. The van der Waals surface area contributed by atoms with Crippen molar-refractivity contribution in [1.29, 1.82) is 0 Å². The summed E-state index contributed by atoms with van der Waals surface area (Å²) in [6, 6.07) is 7.44. The van der Waals surface area contributed by atoms with Gasteiger partial charge >= 0.3 is 0 Å². The van der Waals surface area contributed by atoms with Crippen molar-refractivity contribution in [2.45, 2.75) is 39.0 Å². The van der Waals surface area contributed by atoms with E-state index in [0.29, 0.717) is 23.4 Å². The minimum atomic E-state index is -0.428. The summed E-state index contributed by atoms with van der Waals surface area (Å²) < 4.78 is 0. The van der Waals surface area contributed by atoms with Crippen LogP contribution in [0.15, 0.2) is 65.4 Å². The van der Waals surface area contributed by atoms with E-state index < -0.39 is 5.92 Å². The molecule has 2 aromatic heterocycles. The maximum absolute atomic E-state index is 13.3. The number of pyridine rings is 2. The number of ketones is 1. The molecule has 2 aromatic rings. The van der Waals surface area contributed by atoms with Crippen LogP contribution in [-0.2, 0) is 9.59 Å². The molecule has 1 aliphatic carbocycles. The van der Waals surface area contributed by atoms with E-state index in [1.807, 2.05) is 38.1 Å². The van der Waals surface area contributed by atoms with Gasteiger partial charge in [0.15, 0.2) is 5.78 Å². The lowest BCUT2D eigenvalue weighted by Gasteiger charge is -2.34. The van der Waals surface area contributed by atoms with Crippen molar-refractivity contribution < 1.29 is 9.59 Å². The van der Waals surface area contributed by atoms with Crippen LogP contribution >= 0.6 is 0 Å². The zero-order valence-corrected chi connectivity index (χ0v) is 16.0. The fourth-order valence-corrected chi connectivity index (χ4v) is 3.95. The molecule has 1 unspecified atom stereocenters. The van der Waals surface area contributed by atoms with Crippen LogP contribution in [0.3, 0.4) is 0 Å². The summed E-state index contributed by atoms with van der Waals surface area (Å²) in [5.74, 6) is -0.108. The molecule has 0 fully saturated rings. The van der Waals surface area contributed by atoms with E-state index in [4.69, 9.17) is 0 Å². The number of amides is 1. The Morgan fingerprint density at radius 1 is 1.21 bits per heavy atom. The number of hydrogen-bond acceptors (Lipinski definition) is 5. The molecule has 1 amide bonds. The van der Waals surface area contributed by atoms with Gasteiger partial charge in [0.1, 0.15) is 5.82 Å². The predicted molar refractivity (Wildman–Crippen MR) is 106 cm³/mol. The van der Waals surface area contributed by atoms with Gasteiger partial charge in [-0.05, 0) is 56.0 Å². The Balaban J connectivity index is 1.77. The Bertz CT molecular complexity index is 1010. The molecular formula is C22H22N4O2. The first kappa shape index (κ1) is 18.1. The lowest BCUT2D eigenvalue weighted by atomic mass is 9.75. The monoisotopic (exact) mass is 374 g/mol. The molecule has 0 aromatic carbocycles. The zero-order chi connectivity index (χ0) is 19.7. The van der Waals surface area contributed by atoms with Crippen molar-refractivity contribution in [2.75, 3.05) is 5.32 Å². The first-order chi connectivity index (χ1) is 13.5. The Hall–Kier alpha value is -3.28. The number of dihydropyridines is 1. The molecule has 4 rings (SSSR count). The number of rotatable bonds is 3. The van der Waals surface area contributed by atoms with Crippen molar-refractivity contribution in [2.24, 2.45) is 0 Å². The minimum Gasteiger partial charge on any atom is -0.362 e. The highest BCUT2D eigenvalue weighted by molar-refractivity contribution is 6.09. The standard InChI is InChI=1S/C22H22N4O2/c1-13-8-10-24-18(11-13)26-22(28)19-14(2)25-16-6-3-7-17(27)21(16)20(19)15-5-4-9-23-12-15/h4-5,8-12,20,25H,3,6-7H2,1-2H3,(H,24,26,28). The van der Waals surface area contributed by atoms with Gasteiger partial charge in [-0.3, -0.25) is 14.6 Å². The summed E-state index contributed by atoms with van der Waals surface area (Å²) in [5, 5.41) is 6.20. The van der Waals surface area contributed by atoms with E-state index in [2.05, 4.69) is 20.6 Å². The number of carbonyl (C=O) groups excluding carboxylic acids is 2. The molecule has 6 nitrogen and oxygen atoms in total. The van der Waals surface area contributed by atoms with Crippen LogP contribution in [0.1, 0.15) is 43.2 Å². The minimum absolute atomic E-state index is 0.0917. The van der Waals surface area contributed by atoms with Crippen LogP contribution in [0, 0.1) is 6.92 Å². The molecule has 142 valence electrons. The number of hydrogen-bond donors (Lipinski definition) is 2.